The van der Waals surface area contributed by atoms with Crippen LogP contribution in [-0.2, 0) is 9.59 Å². The average Bonchev–Trinajstić information content (AvgIpc) is 3.20. The summed E-state index contributed by atoms with van der Waals surface area (Å²) in [5.41, 5.74) is 1.68. The molecule has 1 atom stereocenters. The minimum atomic E-state index is -0.489. The first-order valence-electron chi connectivity index (χ1n) is 10.9. The molecule has 2 aliphatic heterocycles. The summed E-state index contributed by atoms with van der Waals surface area (Å²) >= 11 is 1.38. The molecule has 1 saturated heterocycles. The molecule has 2 aromatic carbocycles. The highest BCUT2D eigenvalue weighted by Gasteiger charge is 2.33. The van der Waals surface area contributed by atoms with Gasteiger partial charge in [0.15, 0.2) is 5.17 Å². The first-order valence-corrected chi connectivity index (χ1v) is 11.8. The summed E-state index contributed by atoms with van der Waals surface area (Å²) in [7, 11) is 1.58. The monoisotopic (exact) mass is 466 g/mol. The Morgan fingerprint density at radius 3 is 2.30 bits per heavy atom. The number of carbonyl (C=O) groups is 3. The number of benzene rings is 2. The molecule has 0 spiro atoms. The van der Waals surface area contributed by atoms with Crippen molar-refractivity contribution in [2.45, 2.75) is 30.9 Å². The predicted octanol–water partition coefficient (Wildman–Crippen LogP) is 3.76. The largest absolute Gasteiger partial charge is 0.497 e. The van der Waals surface area contributed by atoms with Gasteiger partial charge in [-0.1, -0.05) is 11.8 Å². The third kappa shape index (κ3) is 5.92. The molecule has 172 valence electrons. The lowest BCUT2D eigenvalue weighted by molar-refractivity contribution is -0.121. The summed E-state index contributed by atoms with van der Waals surface area (Å²) in [6.45, 7) is 1.83. The Labute approximate surface area is 196 Å². The van der Waals surface area contributed by atoms with Crippen LogP contribution >= 0.6 is 11.8 Å². The molecule has 0 saturated carbocycles. The van der Waals surface area contributed by atoms with Crippen LogP contribution in [0.5, 0.6) is 5.75 Å². The third-order valence-corrected chi connectivity index (χ3v) is 6.72. The maximum absolute atomic E-state index is 12.5. The lowest BCUT2D eigenvalue weighted by Gasteiger charge is -2.27. The molecule has 0 aromatic heterocycles. The molecule has 1 fully saturated rings. The van der Waals surface area contributed by atoms with E-state index in [1.807, 2.05) is 0 Å². The van der Waals surface area contributed by atoms with Crippen LogP contribution in [0.3, 0.4) is 0 Å². The van der Waals surface area contributed by atoms with E-state index in [4.69, 9.17) is 4.74 Å². The van der Waals surface area contributed by atoms with Gasteiger partial charge in [0.05, 0.1) is 7.11 Å². The molecule has 33 heavy (non-hydrogen) atoms. The Morgan fingerprint density at radius 1 is 1.00 bits per heavy atom. The van der Waals surface area contributed by atoms with Crippen molar-refractivity contribution in [2.24, 2.45) is 4.99 Å². The van der Waals surface area contributed by atoms with E-state index in [0.29, 0.717) is 22.7 Å². The fraction of sp³-hybridized carbons (Fsp3) is 0.333. The van der Waals surface area contributed by atoms with Crippen molar-refractivity contribution in [2.75, 3.05) is 30.8 Å². The molecule has 0 aliphatic carbocycles. The highest BCUT2D eigenvalue weighted by atomic mass is 32.2. The number of hydrogen-bond donors (Lipinski definition) is 2. The quantitative estimate of drug-likeness (QED) is 0.672. The van der Waals surface area contributed by atoms with Crippen LogP contribution in [0.15, 0.2) is 53.5 Å². The smallest absolute Gasteiger partial charge is 0.262 e. The number of likely N-dealkylation sites (tertiary alicyclic amines) is 1. The lowest BCUT2D eigenvalue weighted by Crippen LogP contribution is -2.33. The Hall–Kier alpha value is -3.33. The second-order valence-corrected chi connectivity index (χ2v) is 9.07. The van der Waals surface area contributed by atoms with Crippen LogP contribution in [0.2, 0.25) is 0 Å². The number of thioether (sulfide) groups is 1. The SMILES string of the molecule is COc1ccc(NC(=O)c2ccc(NC(=O)CC3SC(N4CCCCC4)=NC3=O)cc2)cc1. The predicted molar refractivity (Wildman–Crippen MR) is 130 cm³/mol. The number of rotatable bonds is 6. The Balaban J connectivity index is 1.27. The average molecular weight is 467 g/mol. The van der Waals surface area contributed by atoms with Gasteiger partial charge in [-0.3, -0.25) is 14.4 Å². The molecule has 2 aromatic rings. The molecule has 0 bridgehead atoms. The molecule has 4 rings (SSSR count). The fourth-order valence-corrected chi connectivity index (χ4v) is 4.81. The van der Waals surface area contributed by atoms with Crippen LogP contribution in [0.4, 0.5) is 11.4 Å². The Kier molecular flexibility index (Phi) is 7.29. The highest BCUT2D eigenvalue weighted by Crippen LogP contribution is 2.29. The van der Waals surface area contributed by atoms with Crippen molar-refractivity contribution in [3.63, 3.8) is 0 Å². The van der Waals surface area contributed by atoms with Crippen LogP contribution in [0, 0.1) is 0 Å². The van der Waals surface area contributed by atoms with Crippen molar-refractivity contribution < 1.29 is 19.1 Å². The van der Waals surface area contributed by atoms with Gasteiger partial charge >= 0.3 is 0 Å². The summed E-state index contributed by atoms with van der Waals surface area (Å²) in [5, 5.41) is 5.86. The van der Waals surface area contributed by atoms with Crippen LogP contribution in [-0.4, -0.2) is 53.2 Å². The molecule has 1 unspecified atom stereocenters. The third-order valence-electron chi connectivity index (χ3n) is 5.51. The first kappa shape index (κ1) is 22.8. The number of amidine groups is 1. The van der Waals surface area contributed by atoms with E-state index in [2.05, 4.69) is 20.5 Å². The Bertz CT molecular complexity index is 1050. The molecule has 2 N–H and O–H groups in total. The zero-order valence-electron chi connectivity index (χ0n) is 18.4. The lowest BCUT2D eigenvalue weighted by atomic mass is 10.1. The summed E-state index contributed by atoms with van der Waals surface area (Å²) in [6, 6.07) is 13.7. The van der Waals surface area contributed by atoms with Gasteiger partial charge in [-0.15, -0.1) is 0 Å². The summed E-state index contributed by atoms with van der Waals surface area (Å²) < 4.78 is 5.11. The summed E-state index contributed by atoms with van der Waals surface area (Å²) in [4.78, 5) is 43.5. The number of anilines is 2. The number of piperidine rings is 1. The van der Waals surface area contributed by atoms with Crippen molar-refractivity contribution in [1.82, 2.24) is 4.90 Å². The van der Waals surface area contributed by atoms with Crippen LogP contribution in [0.1, 0.15) is 36.0 Å². The van der Waals surface area contributed by atoms with E-state index < -0.39 is 5.25 Å². The normalized spacial score (nSPS) is 18.0. The van der Waals surface area contributed by atoms with Gasteiger partial charge in [0, 0.05) is 36.4 Å². The van der Waals surface area contributed by atoms with Crippen molar-refractivity contribution in [3.8, 4) is 5.75 Å². The van der Waals surface area contributed by atoms with Crippen LogP contribution < -0.4 is 15.4 Å². The number of methoxy groups -OCH3 is 1. The molecule has 0 radical (unpaired) electrons. The van der Waals surface area contributed by atoms with Gasteiger partial charge in [0.25, 0.3) is 11.8 Å². The van der Waals surface area contributed by atoms with Crippen LogP contribution in [0.25, 0.3) is 0 Å². The number of nitrogens with one attached hydrogen (secondary N) is 2. The second-order valence-electron chi connectivity index (χ2n) is 7.90. The van der Waals surface area contributed by atoms with Gasteiger partial charge in [-0.25, -0.2) is 0 Å². The van der Waals surface area contributed by atoms with E-state index in [0.717, 1.165) is 31.1 Å². The number of aliphatic imine (C=N–C) groups is 1. The number of nitrogens with zero attached hydrogens (tertiary/aromatic N) is 2. The first-order chi connectivity index (χ1) is 16.0. The number of carbonyl (C=O) groups excluding carboxylic acids is 3. The molecule has 8 nitrogen and oxygen atoms in total. The van der Waals surface area contributed by atoms with E-state index >= 15 is 0 Å². The summed E-state index contributed by atoms with van der Waals surface area (Å²) in [5.74, 6) is -0.0545. The number of ether oxygens (including phenoxy) is 1. The van der Waals surface area contributed by atoms with E-state index in [9.17, 15) is 14.4 Å². The zero-order valence-corrected chi connectivity index (χ0v) is 19.2. The van der Waals surface area contributed by atoms with E-state index in [1.165, 1.54) is 18.2 Å². The molecule has 2 aliphatic rings. The van der Waals surface area contributed by atoms with E-state index in [1.54, 1.807) is 55.6 Å². The molecular weight excluding hydrogens is 440 g/mol. The summed E-state index contributed by atoms with van der Waals surface area (Å²) in [6.07, 6.45) is 3.47. The minimum Gasteiger partial charge on any atom is -0.497 e. The number of amides is 3. The van der Waals surface area contributed by atoms with Crippen molar-refractivity contribution in [3.05, 3.63) is 54.1 Å². The van der Waals surface area contributed by atoms with E-state index in [-0.39, 0.29) is 24.1 Å². The topological polar surface area (TPSA) is 100 Å². The van der Waals surface area contributed by atoms with Crippen molar-refractivity contribution >= 4 is 46.0 Å². The van der Waals surface area contributed by atoms with Crippen molar-refractivity contribution in [1.29, 1.82) is 0 Å². The maximum Gasteiger partial charge on any atom is 0.262 e. The van der Waals surface area contributed by atoms with Gasteiger partial charge in [0.2, 0.25) is 5.91 Å². The molecule has 9 heteroatoms. The molecule has 3 amide bonds. The number of hydrogen-bond acceptors (Lipinski definition) is 6. The van der Waals surface area contributed by atoms with Gasteiger partial charge < -0.3 is 20.3 Å². The maximum atomic E-state index is 12.5. The second kappa shape index (κ2) is 10.5. The fourth-order valence-electron chi connectivity index (χ4n) is 3.69. The Morgan fingerprint density at radius 2 is 1.64 bits per heavy atom. The minimum absolute atomic E-state index is 0.0596. The highest BCUT2D eigenvalue weighted by molar-refractivity contribution is 8.15. The zero-order chi connectivity index (χ0) is 23.2. The van der Waals surface area contributed by atoms with Gasteiger partial charge in [-0.05, 0) is 67.8 Å². The standard InChI is InChI=1S/C24H26N4O4S/c1-32-19-11-9-18(10-12-19)26-22(30)16-5-7-17(8-6-16)25-21(29)15-20-23(31)27-24(33-20)28-13-3-2-4-14-28/h5-12,20H,2-4,13-15H2,1H3,(H,25,29)(H,26,30). The molecular formula is C24H26N4O4S. The molecule has 2 heterocycles. The van der Waals surface area contributed by atoms with Gasteiger partial charge in [-0.2, -0.15) is 4.99 Å². The van der Waals surface area contributed by atoms with Gasteiger partial charge in [0.1, 0.15) is 11.0 Å².